The molecule has 1 atom stereocenters. The van der Waals surface area contributed by atoms with Crippen molar-refractivity contribution in [3.05, 3.63) is 0 Å². The lowest BCUT2D eigenvalue weighted by Crippen LogP contribution is -2.32. The van der Waals surface area contributed by atoms with Gasteiger partial charge in [-0.2, -0.15) is 0 Å². The third-order valence-electron chi connectivity index (χ3n) is 4.01. The Labute approximate surface area is 206 Å². The molecule has 1 fully saturated rings. The molecule has 0 bridgehead atoms. The second-order valence-electron chi connectivity index (χ2n) is 8.30. The first-order valence-electron chi connectivity index (χ1n) is 11.4. The molecule has 35 heavy (non-hydrogen) atoms. The van der Waals surface area contributed by atoms with Gasteiger partial charge in [0.1, 0.15) is 0 Å². The molecule has 0 aromatic heterocycles. The molecule has 0 aromatic carbocycles. The van der Waals surface area contributed by atoms with E-state index in [1.54, 1.807) is 27.9 Å². The maximum Gasteiger partial charge on any atom is 0.475 e. The highest BCUT2D eigenvalue weighted by Gasteiger charge is 2.33. The summed E-state index contributed by atoms with van der Waals surface area (Å²) in [6.07, 6.45) is 0.474. The van der Waals surface area contributed by atoms with Crippen molar-refractivity contribution in [3.63, 3.8) is 0 Å². The van der Waals surface area contributed by atoms with E-state index in [0.717, 1.165) is 0 Å². The normalized spacial score (nSPS) is 16.1. The van der Waals surface area contributed by atoms with Crippen LogP contribution in [0.1, 0.15) is 46.5 Å². The standard InChI is InChI=1S/C21H38NO12P/c1-21(2,3)34-35(26,31-16-14-29-11-10-27-4)32-17-15-30-13-12-28-9-5-6-20(25)33-22-18(23)7-8-19(22)24/h5-17H2,1-4H3. The van der Waals surface area contributed by atoms with Crippen LogP contribution in [0.2, 0.25) is 0 Å². The number of phosphoric acid groups is 1. The van der Waals surface area contributed by atoms with E-state index >= 15 is 0 Å². The molecule has 1 heterocycles. The first-order chi connectivity index (χ1) is 16.6. The minimum Gasteiger partial charge on any atom is -0.382 e. The Morgan fingerprint density at radius 2 is 1.31 bits per heavy atom. The van der Waals surface area contributed by atoms with Crippen LogP contribution in [0.25, 0.3) is 0 Å². The van der Waals surface area contributed by atoms with Crippen molar-refractivity contribution in [1.29, 1.82) is 0 Å². The summed E-state index contributed by atoms with van der Waals surface area (Å²) in [4.78, 5) is 39.2. The second kappa shape index (κ2) is 17.1. The van der Waals surface area contributed by atoms with Gasteiger partial charge in [0.05, 0.1) is 64.9 Å². The largest absolute Gasteiger partial charge is 0.475 e. The van der Waals surface area contributed by atoms with E-state index in [9.17, 15) is 18.9 Å². The van der Waals surface area contributed by atoms with Crippen LogP contribution < -0.4 is 0 Å². The Hall–Kier alpha value is -1.44. The van der Waals surface area contributed by atoms with Crippen LogP contribution in [0.5, 0.6) is 0 Å². The maximum atomic E-state index is 12.8. The lowest BCUT2D eigenvalue weighted by atomic mass is 10.2. The summed E-state index contributed by atoms with van der Waals surface area (Å²) < 4.78 is 49.8. The minimum atomic E-state index is -3.81. The van der Waals surface area contributed by atoms with E-state index in [1.165, 1.54) is 0 Å². The number of hydrogen-bond acceptors (Lipinski definition) is 12. The van der Waals surface area contributed by atoms with Gasteiger partial charge in [-0.3, -0.25) is 23.2 Å². The number of hydrogen-bond donors (Lipinski definition) is 0. The predicted octanol–water partition coefficient (Wildman–Crippen LogP) is 2.03. The number of hydroxylamine groups is 2. The maximum absolute atomic E-state index is 12.8. The number of methoxy groups -OCH3 is 1. The van der Waals surface area contributed by atoms with Crippen LogP contribution in [0, 0.1) is 0 Å². The van der Waals surface area contributed by atoms with Crippen molar-refractivity contribution in [2.75, 3.05) is 66.6 Å². The summed E-state index contributed by atoms with van der Waals surface area (Å²) in [5.74, 6) is -1.70. The summed E-state index contributed by atoms with van der Waals surface area (Å²) in [6.45, 7) is 7.21. The lowest BCUT2D eigenvalue weighted by Gasteiger charge is -2.26. The average Bonchev–Trinajstić information content (AvgIpc) is 3.08. The van der Waals surface area contributed by atoms with Crippen molar-refractivity contribution in [3.8, 4) is 0 Å². The zero-order valence-corrected chi connectivity index (χ0v) is 21.9. The van der Waals surface area contributed by atoms with Crippen LogP contribution in [0.4, 0.5) is 0 Å². The molecular weight excluding hydrogens is 489 g/mol. The first kappa shape index (κ1) is 31.6. The van der Waals surface area contributed by atoms with E-state index in [0.29, 0.717) is 24.7 Å². The molecule has 1 aliphatic rings. The van der Waals surface area contributed by atoms with E-state index in [1.807, 2.05) is 0 Å². The number of phosphoric ester groups is 1. The number of ether oxygens (including phenoxy) is 4. The highest BCUT2D eigenvalue weighted by molar-refractivity contribution is 7.48. The Kier molecular flexibility index (Phi) is 15.4. The molecule has 14 heteroatoms. The fraction of sp³-hybridized carbons (Fsp3) is 0.857. The summed E-state index contributed by atoms with van der Waals surface area (Å²) in [7, 11) is -2.24. The van der Waals surface area contributed by atoms with Crippen molar-refractivity contribution >= 4 is 25.6 Å². The molecule has 13 nitrogen and oxygen atoms in total. The molecular formula is C21H38NO12P. The molecule has 0 radical (unpaired) electrons. The van der Waals surface area contributed by atoms with Gasteiger partial charge in [0.15, 0.2) is 0 Å². The number of nitrogens with zero attached hydrogens (tertiary/aromatic N) is 1. The number of rotatable bonds is 20. The van der Waals surface area contributed by atoms with E-state index in [-0.39, 0.29) is 65.5 Å². The quantitative estimate of drug-likeness (QED) is 0.130. The Morgan fingerprint density at radius 1 is 0.829 bits per heavy atom. The van der Waals surface area contributed by atoms with Gasteiger partial charge >= 0.3 is 13.8 Å². The summed E-state index contributed by atoms with van der Waals surface area (Å²) >= 11 is 0. The van der Waals surface area contributed by atoms with Gasteiger partial charge in [-0.15, -0.1) is 5.06 Å². The molecule has 1 aliphatic heterocycles. The number of imide groups is 1. The topological polar surface area (TPSA) is 145 Å². The molecule has 0 aliphatic carbocycles. The Balaban J connectivity index is 2.11. The summed E-state index contributed by atoms with van der Waals surface area (Å²) in [6, 6.07) is 0. The predicted molar refractivity (Wildman–Crippen MR) is 121 cm³/mol. The fourth-order valence-electron chi connectivity index (χ4n) is 2.53. The SMILES string of the molecule is COCCOCCOP(=O)(OCCOCCOCCCC(=O)ON1C(=O)CCC1=O)OC(C)(C)C. The second-order valence-corrected chi connectivity index (χ2v) is 9.89. The third kappa shape index (κ3) is 15.3. The average molecular weight is 528 g/mol. The molecule has 1 rings (SSSR count). The molecule has 0 N–H and O–H groups in total. The zero-order valence-electron chi connectivity index (χ0n) is 21.0. The molecule has 1 saturated heterocycles. The Bertz CT molecular complexity index is 680. The van der Waals surface area contributed by atoms with Crippen LogP contribution >= 0.6 is 7.82 Å². The van der Waals surface area contributed by atoms with Gasteiger partial charge in [0.25, 0.3) is 11.8 Å². The summed E-state index contributed by atoms with van der Waals surface area (Å²) in [5.41, 5.74) is -0.743. The van der Waals surface area contributed by atoms with E-state index in [2.05, 4.69) is 0 Å². The lowest BCUT2D eigenvalue weighted by molar-refractivity contribution is -0.197. The van der Waals surface area contributed by atoms with Crippen LogP contribution in [0.15, 0.2) is 0 Å². The molecule has 0 spiro atoms. The van der Waals surface area contributed by atoms with Gasteiger partial charge < -0.3 is 23.8 Å². The molecule has 204 valence electrons. The fourth-order valence-corrected chi connectivity index (χ4v) is 3.98. The van der Waals surface area contributed by atoms with E-state index < -0.39 is 31.2 Å². The van der Waals surface area contributed by atoms with Crippen molar-refractivity contribution in [2.24, 2.45) is 0 Å². The van der Waals surface area contributed by atoms with Gasteiger partial charge in [0.2, 0.25) is 0 Å². The van der Waals surface area contributed by atoms with Gasteiger partial charge in [0, 0.05) is 26.6 Å². The highest BCUT2D eigenvalue weighted by Crippen LogP contribution is 2.52. The zero-order chi connectivity index (χ0) is 26.2. The molecule has 1 unspecified atom stereocenters. The highest BCUT2D eigenvalue weighted by atomic mass is 31.2. The van der Waals surface area contributed by atoms with Crippen molar-refractivity contribution < 1.29 is 56.3 Å². The van der Waals surface area contributed by atoms with Crippen molar-refractivity contribution in [2.45, 2.75) is 52.1 Å². The molecule has 0 saturated carbocycles. The third-order valence-corrected chi connectivity index (χ3v) is 5.78. The molecule has 0 aromatic rings. The Morgan fingerprint density at radius 3 is 1.83 bits per heavy atom. The smallest absolute Gasteiger partial charge is 0.382 e. The number of amides is 2. The number of carbonyl (C=O) groups excluding carboxylic acids is 3. The van der Waals surface area contributed by atoms with Crippen LogP contribution in [0.3, 0.4) is 0 Å². The van der Waals surface area contributed by atoms with Gasteiger partial charge in [-0.1, -0.05) is 0 Å². The number of carbonyl (C=O) groups is 3. The van der Waals surface area contributed by atoms with Crippen LogP contribution in [-0.2, 0) is 56.3 Å². The van der Waals surface area contributed by atoms with Crippen molar-refractivity contribution in [1.82, 2.24) is 5.06 Å². The van der Waals surface area contributed by atoms with Crippen LogP contribution in [-0.4, -0.2) is 95.0 Å². The van der Waals surface area contributed by atoms with Gasteiger partial charge in [-0.25, -0.2) is 9.36 Å². The van der Waals surface area contributed by atoms with E-state index in [4.69, 9.17) is 37.4 Å². The summed E-state index contributed by atoms with van der Waals surface area (Å²) in [5, 5.41) is 0.520. The first-order valence-corrected chi connectivity index (χ1v) is 12.9. The molecule has 2 amide bonds. The minimum absolute atomic E-state index is 0.00619. The van der Waals surface area contributed by atoms with Gasteiger partial charge in [-0.05, 0) is 27.2 Å². The monoisotopic (exact) mass is 527 g/mol.